The summed E-state index contributed by atoms with van der Waals surface area (Å²) in [6, 6.07) is 24.6. The van der Waals surface area contributed by atoms with Gasteiger partial charge in [0, 0.05) is 11.6 Å². The van der Waals surface area contributed by atoms with E-state index in [0.717, 1.165) is 16.7 Å². The Labute approximate surface area is 188 Å². The van der Waals surface area contributed by atoms with E-state index < -0.39 is 12.3 Å². The number of nitrogens with zero attached hydrogens (tertiary/aromatic N) is 1. The highest BCUT2D eigenvalue weighted by Crippen LogP contribution is 2.46. The van der Waals surface area contributed by atoms with Gasteiger partial charge in [0.15, 0.2) is 6.23 Å². The van der Waals surface area contributed by atoms with Gasteiger partial charge in [0.05, 0.1) is 26.4 Å². The number of hydrogen-bond donors (Lipinski definition) is 0. The highest BCUT2D eigenvalue weighted by atomic mass is 16.6. The van der Waals surface area contributed by atoms with E-state index in [1.165, 1.54) is 0 Å². The molecule has 3 atom stereocenters. The van der Waals surface area contributed by atoms with Crippen LogP contribution in [0.4, 0.5) is 4.79 Å². The summed E-state index contributed by atoms with van der Waals surface area (Å²) in [5.41, 5.74) is 2.63. The highest BCUT2D eigenvalue weighted by molar-refractivity contribution is 5.70. The van der Waals surface area contributed by atoms with Crippen molar-refractivity contribution < 1.29 is 23.7 Å². The van der Waals surface area contributed by atoms with Crippen LogP contribution >= 0.6 is 0 Å². The van der Waals surface area contributed by atoms with E-state index in [1.807, 2.05) is 79.7 Å². The zero-order chi connectivity index (χ0) is 22.5. The highest BCUT2D eigenvalue weighted by Gasteiger charge is 2.46. The molecular weight excluding hydrogens is 406 g/mol. The first-order valence-corrected chi connectivity index (χ1v) is 10.5. The maximum atomic E-state index is 13.4. The van der Waals surface area contributed by atoms with E-state index in [1.54, 1.807) is 25.2 Å². The van der Waals surface area contributed by atoms with Crippen LogP contribution in [0.1, 0.15) is 35.9 Å². The van der Waals surface area contributed by atoms with Crippen molar-refractivity contribution in [2.75, 3.05) is 14.2 Å². The summed E-state index contributed by atoms with van der Waals surface area (Å²) >= 11 is 0. The van der Waals surface area contributed by atoms with Crippen molar-refractivity contribution in [1.29, 1.82) is 0 Å². The molecule has 0 bridgehead atoms. The van der Waals surface area contributed by atoms with Crippen LogP contribution in [0.15, 0.2) is 78.9 Å². The number of amides is 1. The molecule has 1 aliphatic rings. The third-order valence-electron chi connectivity index (χ3n) is 5.60. The second kappa shape index (κ2) is 9.75. The molecule has 0 N–H and O–H groups in total. The monoisotopic (exact) mass is 433 g/mol. The second-order valence-electron chi connectivity index (χ2n) is 7.60. The molecule has 0 saturated carbocycles. The number of benzene rings is 3. The van der Waals surface area contributed by atoms with Crippen molar-refractivity contribution in [3.05, 3.63) is 95.6 Å². The SMILES string of the molecule is COc1ccc(C2O[C@@H](C)C(c3ccccc3)N2C(=O)OCc2ccccc2)c(OC)c1. The average molecular weight is 434 g/mol. The van der Waals surface area contributed by atoms with Crippen molar-refractivity contribution in [3.63, 3.8) is 0 Å². The van der Waals surface area contributed by atoms with Crippen LogP contribution < -0.4 is 9.47 Å². The first-order valence-electron chi connectivity index (χ1n) is 10.5. The fraction of sp³-hybridized carbons (Fsp3) is 0.269. The zero-order valence-corrected chi connectivity index (χ0v) is 18.4. The fourth-order valence-electron chi connectivity index (χ4n) is 4.05. The molecule has 6 heteroatoms. The third kappa shape index (κ3) is 4.41. The Morgan fingerprint density at radius 2 is 1.62 bits per heavy atom. The Balaban J connectivity index is 1.69. The first kappa shape index (κ1) is 21.7. The molecule has 0 spiro atoms. The number of rotatable bonds is 6. The molecule has 1 heterocycles. The van der Waals surface area contributed by atoms with Gasteiger partial charge in [0.2, 0.25) is 0 Å². The summed E-state index contributed by atoms with van der Waals surface area (Å²) in [6.45, 7) is 2.14. The fourth-order valence-corrected chi connectivity index (χ4v) is 4.05. The maximum absolute atomic E-state index is 13.4. The van der Waals surface area contributed by atoms with Crippen molar-refractivity contribution in [3.8, 4) is 11.5 Å². The number of hydrogen-bond acceptors (Lipinski definition) is 5. The van der Waals surface area contributed by atoms with Crippen LogP contribution in [0.5, 0.6) is 11.5 Å². The molecule has 4 rings (SSSR count). The van der Waals surface area contributed by atoms with E-state index in [4.69, 9.17) is 18.9 Å². The molecule has 166 valence electrons. The predicted octanol–water partition coefficient (Wildman–Crippen LogP) is 5.50. The first-order chi connectivity index (χ1) is 15.6. The molecular formula is C26H27NO5. The standard InChI is InChI=1S/C26H27NO5/c1-18-24(20-12-8-5-9-13-20)27(26(28)31-17-19-10-6-4-7-11-19)25(32-18)22-15-14-21(29-2)16-23(22)30-3/h4-16,18,24-25H,17H2,1-3H3/t18-,24?,25?/m0/s1. The van der Waals surface area contributed by atoms with E-state index in [2.05, 4.69) is 0 Å². The summed E-state index contributed by atoms with van der Waals surface area (Å²) in [5.74, 6) is 1.24. The lowest BCUT2D eigenvalue weighted by Gasteiger charge is -2.29. The topological polar surface area (TPSA) is 57.2 Å². The van der Waals surface area contributed by atoms with Gasteiger partial charge in [-0.05, 0) is 30.2 Å². The minimum atomic E-state index is -0.667. The maximum Gasteiger partial charge on any atom is 0.413 e. The average Bonchev–Trinajstić information content (AvgIpc) is 3.20. The molecule has 3 aromatic rings. The lowest BCUT2D eigenvalue weighted by molar-refractivity contribution is -0.00108. The van der Waals surface area contributed by atoms with Crippen LogP contribution in [0, 0.1) is 0 Å². The molecule has 2 unspecified atom stereocenters. The van der Waals surface area contributed by atoms with Gasteiger partial charge in [-0.15, -0.1) is 0 Å². The van der Waals surface area contributed by atoms with Gasteiger partial charge in [0.1, 0.15) is 18.1 Å². The number of carbonyl (C=O) groups is 1. The minimum absolute atomic E-state index is 0.179. The van der Waals surface area contributed by atoms with Crippen LogP contribution in [0.2, 0.25) is 0 Å². The number of methoxy groups -OCH3 is 2. The molecule has 1 aliphatic heterocycles. The van der Waals surface area contributed by atoms with Crippen molar-refractivity contribution >= 4 is 6.09 Å². The molecule has 6 nitrogen and oxygen atoms in total. The van der Waals surface area contributed by atoms with E-state index in [0.29, 0.717) is 11.5 Å². The molecule has 32 heavy (non-hydrogen) atoms. The Bertz CT molecular complexity index is 1040. The molecule has 1 amide bonds. The van der Waals surface area contributed by atoms with E-state index in [-0.39, 0.29) is 18.8 Å². The lowest BCUT2D eigenvalue weighted by atomic mass is 10.0. The van der Waals surface area contributed by atoms with Gasteiger partial charge in [-0.1, -0.05) is 60.7 Å². The van der Waals surface area contributed by atoms with Crippen molar-refractivity contribution in [2.45, 2.75) is 31.9 Å². The van der Waals surface area contributed by atoms with Crippen molar-refractivity contribution in [1.82, 2.24) is 4.90 Å². The second-order valence-corrected chi connectivity index (χ2v) is 7.60. The summed E-state index contributed by atoms with van der Waals surface area (Å²) < 4.78 is 23.0. The summed E-state index contributed by atoms with van der Waals surface area (Å²) in [6.07, 6.45) is -1.37. The van der Waals surface area contributed by atoms with Crippen LogP contribution in [-0.4, -0.2) is 31.3 Å². The van der Waals surface area contributed by atoms with Gasteiger partial charge >= 0.3 is 6.09 Å². The van der Waals surface area contributed by atoms with Crippen LogP contribution in [0.3, 0.4) is 0 Å². The largest absolute Gasteiger partial charge is 0.497 e. The molecule has 0 aliphatic carbocycles. The Morgan fingerprint density at radius 1 is 0.938 bits per heavy atom. The number of carbonyl (C=O) groups excluding carboxylic acids is 1. The van der Waals surface area contributed by atoms with Gasteiger partial charge in [-0.25, -0.2) is 4.79 Å². The van der Waals surface area contributed by atoms with Gasteiger partial charge < -0.3 is 18.9 Å². The summed E-state index contributed by atoms with van der Waals surface area (Å²) in [7, 11) is 3.19. The predicted molar refractivity (Wildman–Crippen MR) is 120 cm³/mol. The molecule has 3 aromatic carbocycles. The molecule has 0 aromatic heterocycles. The molecule has 1 saturated heterocycles. The van der Waals surface area contributed by atoms with E-state index in [9.17, 15) is 4.79 Å². The Hall–Kier alpha value is -3.51. The van der Waals surface area contributed by atoms with Crippen LogP contribution in [0.25, 0.3) is 0 Å². The van der Waals surface area contributed by atoms with Gasteiger partial charge in [-0.2, -0.15) is 0 Å². The lowest BCUT2D eigenvalue weighted by Crippen LogP contribution is -2.35. The smallest absolute Gasteiger partial charge is 0.413 e. The third-order valence-corrected chi connectivity index (χ3v) is 5.60. The molecule has 0 radical (unpaired) electrons. The minimum Gasteiger partial charge on any atom is -0.497 e. The normalized spacial score (nSPS) is 20.1. The summed E-state index contributed by atoms with van der Waals surface area (Å²) in [4.78, 5) is 15.1. The van der Waals surface area contributed by atoms with Crippen molar-refractivity contribution in [2.24, 2.45) is 0 Å². The quantitative estimate of drug-likeness (QED) is 0.514. The molecule has 1 fully saturated rings. The Morgan fingerprint density at radius 3 is 2.28 bits per heavy atom. The van der Waals surface area contributed by atoms with Gasteiger partial charge in [0.25, 0.3) is 0 Å². The van der Waals surface area contributed by atoms with E-state index >= 15 is 0 Å². The Kier molecular flexibility index (Phi) is 6.61. The summed E-state index contributed by atoms with van der Waals surface area (Å²) in [5, 5.41) is 0. The van der Waals surface area contributed by atoms with Gasteiger partial charge in [-0.3, -0.25) is 4.90 Å². The zero-order valence-electron chi connectivity index (χ0n) is 18.4. The number of ether oxygens (including phenoxy) is 4. The van der Waals surface area contributed by atoms with Crippen LogP contribution in [-0.2, 0) is 16.1 Å².